The van der Waals surface area contributed by atoms with Gasteiger partial charge in [0.25, 0.3) is 0 Å². The number of furan rings is 1. The first-order valence-corrected chi connectivity index (χ1v) is 8.56. The third kappa shape index (κ3) is 3.01. The van der Waals surface area contributed by atoms with Crippen molar-refractivity contribution in [1.82, 2.24) is 4.90 Å². The summed E-state index contributed by atoms with van der Waals surface area (Å²) in [5.74, 6) is 6.19. The van der Waals surface area contributed by atoms with Gasteiger partial charge in [-0.25, -0.2) is 0 Å². The number of rotatable bonds is 4. The zero-order valence-electron chi connectivity index (χ0n) is 11.7. The highest BCUT2D eigenvalue weighted by molar-refractivity contribution is 7.99. The lowest BCUT2D eigenvalue weighted by molar-refractivity contribution is 0.191. The molecule has 0 aromatic carbocycles. The fourth-order valence-corrected chi connectivity index (χ4v) is 3.89. The summed E-state index contributed by atoms with van der Waals surface area (Å²) in [4.78, 5) is 2.50. The number of thioether (sulfide) groups is 1. The monoisotopic (exact) mass is 280 g/mol. The number of hydrogen-bond donors (Lipinski definition) is 1. The molecule has 3 unspecified atom stereocenters. The third-order valence-corrected chi connectivity index (χ3v) is 5.42. The summed E-state index contributed by atoms with van der Waals surface area (Å²) in [5, 5.41) is 0. The summed E-state index contributed by atoms with van der Waals surface area (Å²) < 4.78 is 6.10. The molecule has 1 aromatic heterocycles. The van der Waals surface area contributed by atoms with Gasteiger partial charge in [0.15, 0.2) is 0 Å². The zero-order valence-corrected chi connectivity index (χ0v) is 12.5. The Morgan fingerprint density at radius 2 is 2.26 bits per heavy atom. The second-order valence-corrected chi connectivity index (χ2v) is 7.04. The Morgan fingerprint density at radius 3 is 3.00 bits per heavy atom. The molecular weight excluding hydrogens is 256 g/mol. The van der Waals surface area contributed by atoms with Crippen LogP contribution in [0, 0.1) is 5.92 Å². The average Bonchev–Trinajstić information content (AvgIpc) is 3.05. The highest BCUT2D eigenvalue weighted by Gasteiger charge is 2.37. The minimum absolute atomic E-state index is 0.265. The molecule has 3 nitrogen and oxygen atoms in total. The van der Waals surface area contributed by atoms with Crippen LogP contribution in [0.4, 0.5) is 0 Å². The number of nitrogens with zero attached hydrogens (tertiary/aromatic N) is 1. The van der Waals surface area contributed by atoms with Crippen molar-refractivity contribution in [3.63, 3.8) is 0 Å². The Labute approximate surface area is 119 Å². The van der Waals surface area contributed by atoms with Gasteiger partial charge >= 0.3 is 0 Å². The van der Waals surface area contributed by atoms with Crippen molar-refractivity contribution in [2.45, 2.75) is 31.7 Å². The molecule has 2 N–H and O–H groups in total. The molecule has 19 heavy (non-hydrogen) atoms. The van der Waals surface area contributed by atoms with Gasteiger partial charge in [0.2, 0.25) is 0 Å². The Hall–Kier alpha value is -0.450. The average molecular weight is 280 g/mol. The molecule has 0 radical (unpaired) electrons. The minimum Gasteiger partial charge on any atom is -0.464 e. The van der Waals surface area contributed by atoms with E-state index in [2.05, 4.69) is 24.0 Å². The molecule has 2 fully saturated rings. The molecule has 1 aromatic rings. The van der Waals surface area contributed by atoms with Crippen LogP contribution in [0.2, 0.25) is 0 Å². The molecule has 3 atom stereocenters. The van der Waals surface area contributed by atoms with E-state index < -0.39 is 0 Å². The molecule has 0 spiro atoms. The van der Waals surface area contributed by atoms with E-state index >= 15 is 0 Å². The Balaban J connectivity index is 1.71. The molecule has 2 aliphatic rings. The molecule has 1 aliphatic carbocycles. The van der Waals surface area contributed by atoms with Gasteiger partial charge in [-0.2, -0.15) is 11.8 Å². The van der Waals surface area contributed by atoms with Crippen molar-refractivity contribution in [2.75, 3.05) is 31.1 Å². The highest BCUT2D eigenvalue weighted by atomic mass is 32.2. The third-order valence-electron chi connectivity index (χ3n) is 4.37. The van der Waals surface area contributed by atoms with Gasteiger partial charge in [-0.3, -0.25) is 4.90 Å². The van der Waals surface area contributed by atoms with Gasteiger partial charge < -0.3 is 10.2 Å². The van der Waals surface area contributed by atoms with Crippen LogP contribution in [0.1, 0.15) is 43.2 Å². The minimum atomic E-state index is 0.265. The maximum atomic E-state index is 6.10. The summed E-state index contributed by atoms with van der Waals surface area (Å²) in [7, 11) is 0. The van der Waals surface area contributed by atoms with E-state index in [1.165, 1.54) is 30.1 Å². The fourth-order valence-electron chi connectivity index (χ4n) is 2.99. The normalized spacial score (nSPS) is 30.0. The number of nitrogens with two attached hydrogens (primary N) is 1. The van der Waals surface area contributed by atoms with E-state index in [9.17, 15) is 0 Å². The summed E-state index contributed by atoms with van der Waals surface area (Å²) in [6.45, 7) is 5.21. The second kappa shape index (κ2) is 5.90. The van der Waals surface area contributed by atoms with Crippen LogP contribution in [-0.2, 0) is 0 Å². The van der Waals surface area contributed by atoms with Crippen LogP contribution in [0.25, 0.3) is 0 Å². The lowest BCUT2D eigenvalue weighted by Crippen LogP contribution is -2.35. The predicted octanol–water partition coefficient (Wildman–Crippen LogP) is 2.84. The maximum absolute atomic E-state index is 6.10. The lowest BCUT2D eigenvalue weighted by Gasteiger charge is -2.27. The zero-order chi connectivity index (χ0) is 13.2. The molecule has 3 rings (SSSR count). The van der Waals surface area contributed by atoms with E-state index in [0.717, 1.165) is 24.8 Å². The molecule has 1 saturated heterocycles. The van der Waals surface area contributed by atoms with Gasteiger partial charge in [-0.15, -0.1) is 0 Å². The standard InChI is InChI=1S/C15H24N2OS/c1-11-9-12(11)14-3-4-15(18-14)13(10-16)17-5-2-7-19-8-6-17/h3-4,11-13H,2,5-10,16H2,1H3. The Morgan fingerprint density at radius 1 is 1.42 bits per heavy atom. The van der Waals surface area contributed by atoms with Crippen LogP contribution < -0.4 is 5.73 Å². The summed E-state index contributed by atoms with van der Waals surface area (Å²) in [6.07, 6.45) is 2.54. The van der Waals surface area contributed by atoms with E-state index in [1.54, 1.807) is 0 Å². The first kappa shape index (κ1) is 13.5. The first-order chi connectivity index (χ1) is 9.29. The van der Waals surface area contributed by atoms with E-state index in [4.69, 9.17) is 10.2 Å². The predicted molar refractivity (Wildman–Crippen MR) is 80.5 cm³/mol. The van der Waals surface area contributed by atoms with Gasteiger partial charge in [0.1, 0.15) is 11.5 Å². The molecule has 0 amide bonds. The molecule has 106 valence electrons. The molecular formula is C15H24N2OS. The van der Waals surface area contributed by atoms with Crippen molar-refractivity contribution < 1.29 is 4.42 Å². The van der Waals surface area contributed by atoms with Crippen LogP contribution in [-0.4, -0.2) is 36.0 Å². The summed E-state index contributed by atoms with van der Waals surface area (Å²) in [5.41, 5.74) is 6.01. The van der Waals surface area contributed by atoms with Crippen molar-refractivity contribution in [3.8, 4) is 0 Å². The van der Waals surface area contributed by atoms with Crippen LogP contribution >= 0.6 is 11.8 Å². The van der Waals surface area contributed by atoms with E-state index in [1.807, 2.05) is 11.8 Å². The molecule has 0 bridgehead atoms. The van der Waals surface area contributed by atoms with Gasteiger partial charge in [0.05, 0.1) is 6.04 Å². The van der Waals surface area contributed by atoms with Crippen LogP contribution in [0.3, 0.4) is 0 Å². The topological polar surface area (TPSA) is 42.4 Å². The number of hydrogen-bond acceptors (Lipinski definition) is 4. The highest BCUT2D eigenvalue weighted by Crippen LogP contribution is 2.47. The van der Waals surface area contributed by atoms with Crippen LogP contribution in [0.5, 0.6) is 0 Å². The fraction of sp³-hybridized carbons (Fsp3) is 0.733. The van der Waals surface area contributed by atoms with Crippen molar-refractivity contribution in [2.24, 2.45) is 11.7 Å². The summed E-state index contributed by atoms with van der Waals surface area (Å²) in [6, 6.07) is 4.58. The molecule has 2 heterocycles. The van der Waals surface area contributed by atoms with Crippen molar-refractivity contribution in [3.05, 3.63) is 23.7 Å². The van der Waals surface area contributed by atoms with Crippen molar-refractivity contribution in [1.29, 1.82) is 0 Å². The molecule has 1 aliphatic heterocycles. The lowest BCUT2D eigenvalue weighted by atomic mass is 10.2. The smallest absolute Gasteiger partial charge is 0.122 e. The van der Waals surface area contributed by atoms with E-state index in [-0.39, 0.29) is 6.04 Å². The van der Waals surface area contributed by atoms with Crippen LogP contribution in [0.15, 0.2) is 16.5 Å². The maximum Gasteiger partial charge on any atom is 0.122 e. The van der Waals surface area contributed by atoms with Gasteiger partial charge in [-0.05, 0) is 43.2 Å². The van der Waals surface area contributed by atoms with Crippen molar-refractivity contribution >= 4 is 11.8 Å². The second-order valence-electron chi connectivity index (χ2n) is 5.81. The quantitative estimate of drug-likeness (QED) is 0.921. The molecule has 1 saturated carbocycles. The van der Waals surface area contributed by atoms with Gasteiger partial charge in [-0.1, -0.05) is 6.92 Å². The largest absolute Gasteiger partial charge is 0.464 e. The first-order valence-electron chi connectivity index (χ1n) is 7.41. The summed E-state index contributed by atoms with van der Waals surface area (Å²) >= 11 is 2.05. The Bertz CT molecular complexity index is 412. The van der Waals surface area contributed by atoms with Gasteiger partial charge in [0, 0.05) is 24.8 Å². The SMILES string of the molecule is CC1CC1c1ccc(C(CN)N2CCCSCC2)o1. The van der Waals surface area contributed by atoms with E-state index in [0.29, 0.717) is 12.5 Å². The Kier molecular flexibility index (Phi) is 4.20. The molecule has 4 heteroatoms.